The van der Waals surface area contributed by atoms with E-state index in [0.29, 0.717) is 16.8 Å². The summed E-state index contributed by atoms with van der Waals surface area (Å²) < 4.78 is 0.869. The zero-order chi connectivity index (χ0) is 17.9. The lowest BCUT2D eigenvalue weighted by atomic mass is 10.1. The molecule has 0 fully saturated rings. The van der Waals surface area contributed by atoms with Crippen molar-refractivity contribution >= 4 is 33.4 Å². The first-order valence-corrected chi connectivity index (χ1v) is 8.46. The molecule has 4 nitrogen and oxygen atoms in total. The number of halogens is 1. The van der Waals surface area contributed by atoms with Crippen LogP contribution in [0.1, 0.15) is 47.1 Å². The number of carbonyl (C=O) groups excluding carboxylic acids is 2. The van der Waals surface area contributed by atoms with Crippen molar-refractivity contribution in [2.45, 2.75) is 33.2 Å². The van der Waals surface area contributed by atoms with E-state index in [1.165, 1.54) is 0 Å². The quantitative estimate of drug-likeness (QED) is 0.810. The molecule has 2 aromatic rings. The molecule has 0 aliphatic rings. The lowest BCUT2D eigenvalue weighted by Gasteiger charge is -2.21. The molecule has 0 aliphatic carbocycles. The van der Waals surface area contributed by atoms with Gasteiger partial charge in [0.15, 0.2) is 0 Å². The number of nitrogens with one attached hydrogen (secondary N) is 2. The Labute approximate surface area is 150 Å². The van der Waals surface area contributed by atoms with Crippen LogP contribution in [0.5, 0.6) is 0 Å². The number of para-hydroxylation sites is 1. The Kier molecular flexibility index (Phi) is 5.44. The SMILES string of the molecule is Cc1ccc(C(=O)Nc2ccccc2C(=O)NC(C)(C)C)cc1Br. The topological polar surface area (TPSA) is 58.2 Å². The molecule has 5 heteroatoms. The van der Waals surface area contributed by atoms with E-state index in [0.717, 1.165) is 10.0 Å². The maximum atomic E-state index is 12.5. The van der Waals surface area contributed by atoms with E-state index in [1.54, 1.807) is 36.4 Å². The lowest BCUT2D eigenvalue weighted by Crippen LogP contribution is -2.40. The Bertz CT molecular complexity index is 779. The third-order valence-electron chi connectivity index (χ3n) is 3.34. The van der Waals surface area contributed by atoms with Crippen LogP contribution in [-0.2, 0) is 0 Å². The van der Waals surface area contributed by atoms with Crippen LogP contribution in [-0.4, -0.2) is 17.4 Å². The van der Waals surface area contributed by atoms with Gasteiger partial charge in [-0.25, -0.2) is 0 Å². The average molecular weight is 389 g/mol. The molecule has 0 heterocycles. The van der Waals surface area contributed by atoms with Crippen LogP contribution in [0.3, 0.4) is 0 Å². The maximum absolute atomic E-state index is 12.5. The third kappa shape index (κ3) is 4.68. The predicted octanol–water partition coefficient (Wildman–Crippen LogP) is 4.54. The molecule has 0 unspecified atom stereocenters. The maximum Gasteiger partial charge on any atom is 0.255 e. The number of carbonyl (C=O) groups is 2. The van der Waals surface area contributed by atoms with E-state index in [2.05, 4.69) is 26.6 Å². The van der Waals surface area contributed by atoms with Crippen LogP contribution < -0.4 is 10.6 Å². The Balaban J connectivity index is 2.25. The fourth-order valence-electron chi connectivity index (χ4n) is 2.13. The molecule has 0 saturated heterocycles. The van der Waals surface area contributed by atoms with E-state index >= 15 is 0 Å². The van der Waals surface area contributed by atoms with Gasteiger partial charge < -0.3 is 10.6 Å². The second-order valence-electron chi connectivity index (χ2n) is 6.67. The number of rotatable bonds is 3. The Morgan fingerprint density at radius 2 is 1.67 bits per heavy atom. The summed E-state index contributed by atoms with van der Waals surface area (Å²) in [6.07, 6.45) is 0. The van der Waals surface area contributed by atoms with Crippen LogP contribution in [0.4, 0.5) is 5.69 Å². The van der Waals surface area contributed by atoms with Gasteiger partial charge in [0.2, 0.25) is 0 Å². The minimum atomic E-state index is -0.351. The van der Waals surface area contributed by atoms with E-state index in [-0.39, 0.29) is 17.4 Å². The summed E-state index contributed by atoms with van der Waals surface area (Å²) in [5.74, 6) is -0.477. The van der Waals surface area contributed by atoms with Gasteiger partial charge in [-0.15, -0.1) is 0 Å². The number of aryl methyl sites for hydroxylation is 1. The Morgan fingerprint density at radius 3 is 2.29 bits per heavy atom. The van der Waals surface area contributed by atoms with Gasteiger partial charge in [0.25, 0.3) is 11.8 Å². The summed E-state index contributed by atoms with van der Waals surface area (Å²) in [5.41, 5.74) is 2.15. The summed E-state index contributed by atoms with van der Waals surface area (Å²) in [6.45, 7) is 7.69. The van der Waals surface area contributed by atoms with E-state index in [9.17, 15) is 9.59 Å². The van der Waals surface area contributed by atoms with Crippen LogP contribution in [0.15, 0.2) is 46.9 Å². The highest BCUT2D eigenvalue weighted by Gasteiger charge is 2.19. The van der Waals surface area contributed by atoms with Gasteiger partial charge in [0.1, 0.15) is 0 Å². The smallest absolute Gasteiger partial charge is 0.255 e. The number of hydrogen-bond acceptors (Lipinski definition) is 2. The zero-order valence-electron chi connectivity index (χ0n) is 14.2. The summed E-state index contributed by atoms with van der Waals surface area (Å²) in [6, 6.07) is 12.4. The van der Waals surface area contributed by atoms with Gasteiger partial charge in [-0.05, 0) is 57.5 Å². The third-order valence-corrected chi connectivity index (χ3v) is 4.20. The van der Waals surface area contributed by atoms with Crippen LogP contribution >= 0.6 is 15.9 Å². The van der Waals surface area contributed by atoms with Crippen LogP contribution in [0, 0.1) is 6.92 Å². The average Bonchev–Trinajstić information content (AvgIpc) is 2.48. The fourth-order valence-corrected chi connectivity index (χ4v) is 2.51. The van der Waals surface area contributed by atoms with Crippen LogP contribution in [0.25, 0.3) is 0 Å². The molecule has 126 valence electrons. The van der Waals surface area contributed by atoms with E-state index < -0.39 is 0 Å². The van der Waals surface area contributed by atoms with Crippen molar-refractivity contribution in [1.82, 2.24) is 5.32 Å². The number of hydrogen-bond donors (Lipinski definition) is 2. The van der Waals surface area contributed by atoms with Gasteiger partial charge in [0.05, 0.1) is 11.3 Å². The molecule has 0 spiro atoms. The molecule has 24 heavy (non-hydrogen) atoms. The van der Waals surface area contributed by atoms with Crippen molar-refractivity contribution in [1.29, 1.82) is 0 Å². The Morgan fingerprint density at radius 1 is 1.00 bits per heavy atom. The van der Waals surface area contributed by atoms with Gasteiger partial charge in [-0.1, -0.05) is 34.1 Å². The van der Waals surface area contributed by atoms with Gasteiger partial charge in [0, 0.05) is 15.6 Å². The molecule has 2 aromatic carbocycles. The Hall–Kier alpha value is -2.14. The second-order valence-corrected chi connectivity index (χ2v) is 7.52. The lowest BCUT2D eigenvalue weighted by molar-refractivity contribution is 0.0920. The first kappa shape index (κ1) is 18.2. The highest BCUT2D eigenvalue weighted by atomic mass is 79.9. The molecule has 2 rings (SSSR count). The fraction of sp³-hybridized carbons (Fsp3) is 0.263. The molecule has 2 N–H and O–H groups in total. The van der Waals surface area contributed by atoms with Crippen molar-refractivity contribution in [2.75, 3.05) is 5.32 Å². The molecule has 0 aliphatic heterocycles. The highest BCUT2D eigenvalue weighted by molar-refractivity contribution is 9.10. The molecular weight excluding hydrogens is 368 g/mol. The molecule has 2 amide bonds. The molecule has 0 bridgehead atoms. The minimum Gasteiger partial charge on any atom is -0.347 e. The molecule has 0 atom stereocenters. The second kappa shape index (κ2) is 7.18. The summed E-state index contributed by atoms with van der Waals surface area (Å²) in [5, 5.41) is 5.73. The summed E-state index contributed by atoms with van der Waals surface area (Å²) in [7, 11) is 0. The predicted molar refractivity (Wildman–Crippen MR) is 100 cm³/mol. The standard InChI is InChI=1S/C19H21BrN2O2/c1-12-9-10-13(11-15(12)20)17(23)21-16-8-6-5-7-14(16)18(24)22-19(2,3)4/h5-11H,1-4H3,(H,21,23)(H,22,24). The van der Waals surface area contributed by atoms with E-state index in [4.69, 9.17) is 0 Å². The van der Waals surface area contributed by atoms with Crippen LogP contribution in [0.2, 0.25) is 0 Å². The first-order chi connectivity index (χ1) is 11.2. The monoisotopic (exact) mass is 388 g/mol. The van der Waals surface area contributed by atoms with Gasteiger partial charge in [-0.3, -0.25) is 9.59 Å². The highest BCUT2D eigenvalue weighted by Crippen LogP contribution is 2.20. The number of benzene rings is 2. The van der Waals surface area contributed by atoms with Crippen molar-refractivity contribution in [3.05, 3.63) is 63.6 Å². The van der Waals surface area contributed by atoms with Gasteiger partial charge in [-0.2, -0.15) is 0 Å². The zero-order valence-corrected chi connectivity index (χ0v) is 15.8. The molecule has 0 radical (unpaired) electrons. The summed E-state index contributed by atoms with van der Waals surface area (Å²) >= 11 is 3.43. The molecule has 0 saturated carbocycles. The van der Waals surface area contributed by atoms with Crippen molar-refractivity contribution in [2.24, 2.45) is 0 Å². The van der Waals surface area contributed by atoms with Crippen molar-refractivity contribution in [3.63, 3.8) is 0 Å². The minimum absolute atomic E-state index is 0.219. The largest absolute Gasteiger partial charge is 0.347 e. The summed E-state index contributed by atoms with van der Waals surface area (Å²) in [4.78, 5) is 24.9. The normalized spacial score (nSPS) is 11.0. The first-order valence-electron chi connectivity index (χ1n) is 7.66. The number of amides is 2. The van der Waals surface area contributed by atoms with Gasteiger partial charge >= 0.3 is 0 Å². The van der Waals surface area contributed by atoms with Crippen molar-refractivity contribution < 1.29 is 9.59 Å². The van der Waals surface area contributed by atoms with Crippen molar-refractivity contribution in [3.8, 4) is 0 Å². The van der Waals surface area contributed by atoms with E-state index in [1.807, 2.05) is 33.8 Å². The molecular formula is C19H21BrN2O2. The molecule has 0 aromatic heterocycles. The number of anilines is 1.